The maximum absolute atomic E-state index is 8.44. The van der Waals surface area contributed by atoms with Crippen LogP contribution in [-0.2, 0) is 14.2 Å². The van der Waals surface area contributed by atoms with Crippen molar-refractivity contribution in [3.8, 4) is 0 Å². The molecule has 0 spiro atoms. The van der Waals surface area contributed by atoms with E-state index in [1.54, 1.807) is 20.8 Å². The fourth-order valence-electron chi connectivity index (χ4n) is 0.659. The van der Waals surface area contributed by atoms with Crippen molar-refractivity contribution in [2.24, 2.45) is 5.41 Å². The van der Waals surface area contributed by atoms with Crippen LogP contribution < -0.4 is 0 Å². The largest absolute Gasteiger partial charge is 0.376 e. The summed E-state index contributed by atoms with van der Waals surface area (Å²) in [4.78, 5) is 0. The summed E-state index contributed by atoms with van der Waals surface area (Å²) in [5.41, 5.74) is -0.389. The molecule has 0 amide bonds. The van der Waals surface area contributed by atoms with Gasteiger partial charge < -0.3 is 24.4 Å². The highest BCUT2D eigenvalue weighted by Gasteiger charge is 2.26. The van der Waals surface area contributed by atoms with Crippen molar-refractivity contribution in [3.05, 3.63) is 0 Å². The molecule has 2 atom stereocenters. The molecule has 2 saturated heterocycles. The third kappa shape index (κ3) is 7.14. The lowest BCUT2D eigenvalue weighted by atomic mass is 9.96. The molecule has 5 nitrogen and oxygen atoms in total. The van der Waals surface area contributed by atoms with Gasteiger partial charge in [-0.15, -0.1) is 0 Å². The Morgan fingerprint density at radius 1 is 1.12 bits per heavy atom. The van der Waals surface area contributed by atoms with Crippen LogP contribution in [0.15, 0.2) is 0 Å². The van der Waals surface area contributed by atoms with Crippen LogP contribution in [0.2, 0.25) is 0 Å². The van der Waals surface area contributed by atoms with Crippen LogP contribution in [0.3, 0.4) is 0 Å². The highest BCUT2D eigenvalue weighted by Crippen LogP contribution is 2.15. The lowest BCUT2D eigenvalue weighted by Crippen LogP contribution is -2.24. The predicted octanol–water partition coefficient (Wildman–Crippen LogP) is 0.144. The van der Waals surface area contributed by atoms with E-state index < -0.39 is 6.29 Å². The second-order valence-electron chi connectivity index (χ2n) is 5.19. The monoisotopic (exact) mass is 234 g/mol. The zero-order valence-corrected chi connectivity index (χ0v) is 10.2. The first-order valence-electron chi connectivity index (χ1n) is 5.56. The number of ether oxygens (including phenoxy) is 3. The second kappa shape index (κ2) is 5.93. The Morgan fingerprint density at radius 2 is 1.44 bits per heavy atom. The van der Waals surface area contributed by atoms with Crippen molar-refractivity contribution in [3.63, 3.8) is 0 Å². The van der Waals surface area contributed by atoms with Crippen molar-refractivity contribution in [2.75, 3.05) is 26.4 Å². The smallest absolute Gasteiger partial charge is 0.156 e. The van der Waals surface area contributed by atoms with Gasteiger partial charge in [-0.3, -0.25) is 0 Å². The Balaban J connectivity index is 0.000000168. The molecule has 2 heterocycles. The van der Waals surface area contributed by atoms with E-state index in [1.165, 1.54) is 0 Å². The van der Waals surface area contributed by atoms with Crippen LogP contribution in [0.1, 0.15) is 20.8 Å². The third-order valence-corrected chi connectivity index (χ3v) is 2.19. The Morgan fingerprint density at radius 3 is 1.62 bits per heavy atom. The minimum Gasteiger partial charge on any atom is -0.376 e. The molecule has 96 valence electrons. The van der Waals surface area contributed by atoms with Gasteiger partial charge in [0.25, 0.3) is 0 Å². The molecule has 0 radical (unpaired) electrons. The van der Waals surface area contributed by atoms with Crippen LogP contribution in [-0.4, -0.2) is 55.1 Å². The first kappa shape index (κ1) is 13.9. The molecular weight excluding hydrogens is 212 g/mol. The summed E-state index contributed by atoms with van der Waals surface area (Å²) >= 11 is 0. The molecule has 16 heavy (non-hydrogen) atoms. The quantitative estimate of drug-likeness (QED) is 0.535. The van der Waals surface area contributed by atoms with E-state index in [0.717, 1.165) is 26.4 Å². The lowest BCUT2D eigenvalue weighted by molar-refractivity contribution is -0.113. The summed E-state index contributed by atoms with van der Waals surface area (Å²) in [5.74, 6) is 0. The zero-order valence-electron chi connectivity index (χ0n) is 10.2. The van der Waals surface area contributed by atoms with Crippen LogP contribution in [0.25, 0.3) is 0 Å². The Bertz CT molecular complexity index is 179. The Labute approximate surface area is 96.3 Å². The highest BCUT2D eigenvalue weighted by atomic mass is 16.6. The molecule has 0 saturated carbocycles. The van der Waals surface area contributed by atoms with Gasteiger partial charge in [0.2, 0.25) is 0 Å². The first-order valence-corrected chi connectivity index (χ1v) is 5.56. The average molecular weight is 234 g/mol. The van der Waals surface area contributed by atoms with Crippen LogP contribution in [0, 0.1) is 5.41 Å². The average Bonchev–Trinajstić information content (AvgIpc) is 2.97. The standard InChI is InChI=1S/C6H10O3.C5H12O2/c1(5-3-8-5)7-2-6-4-9-6;1-5(2,3)4(6)7/h5-6H,1-4H2;4,6-7H,1-3H3. The number of epoxide rings is 2. The van der Waals surface area contributed by atoms with E-state index in [0.29, 0.717) is 12.2 Å². The number of rotatable bonds is 4. The van der Waals surface area contributed by atoms with E-state index in [2.05, 4.69) is 0 Å². The summed E-state index contributed by atoms with van der Waals surface area (Å²) in [6.45, 7) is 8.55. The molecule has 0 aromatic rings. The van der Waals surface area contributed by atoms with E-state index >= 15 is 0 Å². The van der Waals surface area contributed by atoms with Crippen molar-refractivity contribution in [2.45, 2.75) is 39.3 Å². The fourth-order valence-corrected chi connectivity index (χ4v) is 0.659. The highest BCUT2D eigenvalue weighted by molar-refractivity contribution is 4.71. The number of aliphatic hydroxyl groups excluding tert-OH is 1. The van der Waals surface area contributed by atoms with Gasteiger partial charge >= 0.3 is 0 Å². The van der Waals surface area contributed by atoms with E-state index in [1.807, 2.05) is 0 Å². The topological polar surface area (TPSA) is 74.8 Å². The molecule has 2 aliphatic rings. The van der Waals surface area contributed by atoms with Crippen molar-refractivity contribution < 1.29 is 24.4 Å². The van der Waals surface area contributed by atoms with Gasteiger partial charge in [0.15, 0.2) is 6.29 Å². The van der Waals surface area contributed by atoms with Crippen molar-refractivity contribution in [1.29, 1.82) is 0 Å². The SMILES string of the molecule is C(OCC1CO1)C1CO1.CC(C)(C)C(O)O. The third-order valence-electron chi connectivity index (χ3n) is 2.19. The molecule has 0 bridgehead atoms. The Kier molecular flexibility index (Phi) is 5.14. The predicted molar refractivity (Wildman–Crippen MR) is 58.0 cm³/mol. The van der Waals surface area contributed by atoms with Crippen LogP contribution >= 0.6 is 0 Å². The minimum atomic E-state index is -1.20. The molecule has 0 aliphatic carbocycles. The fraction of sp³-hybridized carbons (Fsp3) is 1.00. The Hall–Kier alpha value is -0.200. The normalized spacial score (nSPS) is 27.4. The number of hydrogen-bond donors (Lipinski definition) is 2. The van der Waals surface area contributed by atoms with Gasteiger partial charge in [0.1, 0.15) is 12.2 Å². The molecule has 0 aromatic heterocycles. The second-order valence-corrected chi connectivity index (χ2v) is 5.19. The molecule has 0 aromatic carbocycles. The summed E-state index contributed by atoms with van der Waals surface area (Å²) in [6.07, 6.45) is -0.417. The maximum atomic E-state index is 8.44. The molecule has 2 fully saturated rings. The molecule has 2 N–H and O–H groups in total. The summed E-state index contributed by atoms with van der Waals surface area (Å²) in [7, 11) is 0. The number of hydrogen-bond acceptors (Lipinski definition) is 5. The van der Waals surface area contributed by atoms with Crippen LogP contribution in [0.5, 0.6) is 0 Å². The molecule has 2 unspecified atom stereocenters. The number of aliphatic hydroxyl groups is 2. The van der Waals surface area contributed by atoms with Crippen molar-refractivity contribution in [1.82, 2.24) is 0 Å². The van der Waals surface area contributed by atoms with E-state index in [-0.39, 0.29) is 5.41 Å². The van der Waals surface area contributed by atoms with Gasteiger partial charge in [-0.1, -0.05) is 20.8 Å². The van der Waals surface area contributed by atoms with Gasteiger partial charge in [-0.2, -0.15) is 0 Å². The summed E-state index contributed by atoms with van der Waals surface area (Å²) in [6, 6.07) is 0. The summed E-state index contributed by atoms with van der Waals surface area (Å²) < 4.78 is 15.1. The van der Waals surface area contributed by atoms with Gasteiger partial charge in [-0.05, 0) is 0 Å². The van der Waals surface area contributed by atoms with Gasteiger partial charge in [0, 0.05) is 5.41 Å². The maximum Gasteiger partial charge on any atom is 0.156 e. The van der Waals surface area contributed by atoms with Gasteiger partial charge in [0.05, 0.1) is 26.4 Å². The van der Waals surface area contributed by atoms with Crippen LogP contribution in [0.4, 0.5) is 0 Å². The molecule has 5 heteroatoms. The first-order chi connectivity index (χ1) is 7.39. The van der Waals surface area contributed by atoms with Crippen molar-refractivity contribution >= 4 is 0 Å². The lowest BCUT2D eigenvalue weighted by Gasteiger charge is -2.19. The molecular formula is C11H22O5. The molecule has 2 rings (SSSR count). The molecule has 2 aliphatic heterocycles. The minimum absolute atomic E-state index is 0.389. The zero-order chi connectivity index (χ0) is 12.2. The van der Waals surface area contributed by atoms with Gasteiger partial charge in [-0.25, -0.2) is 0 Å². The van der Waals surface area contributed by atoms with E-state index in [9.17, 15) is 0 Å². The van der Waals surface area contributed by atoms with E-state index in [4.69, 9.17) is 24.4 Å². The summed E-state index contributed by atoms with van der Waals surface area (Å²) in [5, 5.41) is 16.9.